The molecule has 2 N–H and O–H groups in total. The van der Waals surface area contributed by atoms with E-state index in [0.717, 1.165) is 6.42 Å². The van der Waals surface area contributed by atoms with Crippen LogP contribution in [0.25, 0.3) is 27.9 Å². The molecule has 4 rings (SSSR count). The standard InChI is InChI=1S/C25H26N4O4/c1-4-15(3)14-33-25(31)20-21-23(28-19-9-7-6-8-18(19)27-21)29(22(20)26)17-12-10-16(11-13-17)24(30)32-5-2/h6-13,15H,4-5,14,26H2,1-3H3/t15-/m0/s1. The average Bonchev–Trinajstić information content (AvgIpc) is 3.11. The van der Waals surface area contributed by atoms with E-state index in [-0.39, 0.29) is 23.9 Å². The Hall–Kier alpha value is -3.94. The Balaban J connectivity index is 1.87. The topological polar surface area (TPSA) is 109 Å². The first-order valence-electron chi connectivity index (χ1n) is 11.0. The molecule has 170 valence electrons. The summed E-state index contributed by atoms with van der Waals surface area (Å²) in [5, 5.41) is 0. The minimum atomic E-state index is -0.538. The Morgan fingerprint density at radius 3 is 2.27 bits per heavy atom. The summed E-state index contributed by atoms with van der Waals surface area (Å²) < 4.78 is 12.3. The van der Waals surface area contributed by atoms with Gasteiger partial charge in [-0.25, -0.2) is 19.6 Å². The van der Waals surface area contributed by atoms with Gasteiger partial charge in [0.25, 0.3) is 0 Å². The lowest BCUT2D eigenvalue weighted by Crippen LogP contribution is -2.13. The molecule has 0 fully saturated rings. The predicted molar refractivity (Wildman–Crippen MR) is 126 cm³/mol. The fourth-order valence-corrected chi connectivity index (χ4v) is 3.49. The van der Waals surface area contributed by atoms with Crippen LogP contribution in [0, 0.1) is 5.92 Å². The quantitative estimate of drug-likeness (QED) is 0.415. The average molecular weight is 447 g/mol. The van der Waals surface area contributed by atoms with Crippen molar-refractivity contribution >= 4 is 40.0 Å². The molecule has 0 unspecified atom stereocenters. The molecule has 0 aliphatic heterocycles. The molecule has 0 radical (unpaired) electrons. The van der Waals surface area contributed by atoms with Crippen LogP contribution in [0.5, 0.6) is 0 Å². The molecule has 4 aromatic rings. The number of ether oxygens (including phenoxy) is 2. The second-order valence-electron chi connectivity index (χ2n) is 7.86. The highest BCUT2D eigenvalue weighted by Gasteiger charge is 2.26. The van der Waals surface area contributed by atoms with Gasteiger partial charge in [0.05, 0.1) is 29.8 Å². The second kappa shape index (κ2) is 9.28. The van der Waals surface area contributed by atoms with E-state index in [4.69, 9.17) is 20.2 Å². The fraction of sp³-hybridized carbons (Fsp3) is 0.280. The number of rotatable bonds is 7. The van der Waals surface area contributed by atoms with E-state index in [1.54, 1.807) is 35.8 Å². The van der Waals surface area contributed by atoms with Crippen molar-refractivity contribution in [1.82, 2.24) is 14.5 Å². The van der Waals surface area contributed by atoms with Gasteiger partial charge in [-0.2, -0.15) is 0 Å². The number of fused-ring (bicyclic) bond motifs is 2. The normalized spacial score (nSPS) is 12.1. The second-order valence-corrected chi connectivity index (χ2v) is 7.86. The largest absolute Gasteiger partial charge is 0.462 e. The SMILES string of the molecule is CCOC(=O)c1ccc(-n2c(N)c(C(=O)OC[C@@H](C)CC)c3nc4ccccc4nc32)cc1. The Labute approximate surface area is 191 Å². The van der Waals surface area contributed by atoms with Gasteiger partial charge in [-0.3, -0.25) is 4.57 Å². The molecule has 0 saturated heterocycles. The molecule has 2 aromatic heterocycles. The Bertz CT molecular complexity index is 1330. The molecule has 33 heavy (non-hydrogen) atoms. The first kappa shape index (κ1) is 22.3. The minimum Gasteiger partial charge on any atom is -0.462 e. The monoisotopic (exact) mass is 446 g/mol. The summed E-state index contributed by atoms with van der Waals surface area (Å²) in [5.74, 6) is -0.539. The molecular weight excluding hydrogens is 420 g/mol. The zero-order valence-corrected chi connectivity index (χ0v) is 18.9. The molecule has 0 aliphatic rings. The number of para-hydroxylation sites is 2. The Morgan fingerprint density at radius 1 is 0.970 bits per heavy atom. The molecule has 1 atom stereocenters. The van der Waals surface area contributed by atoms with Gasteiger partial charge in [0.2, 0.25) is 0 Å². The third-order valence-corrected chi connectivity index (χ3v) is 5.53. The van der Waals surface area contributed by atoms with Crippen LogP contribution in [-0.4, -0.2) is 39.7 Å². The third-order valence-electron chi connectivity index (χ3n) is 5.53. The third kappa shape index (κ3) is 4.24. The summed E-state index contributed by atoms with van der Waals surface area (Å²) >= 11 is 0. The molecule has 8 nitrogen and oxygen atoms in total. The lowest BCUT2D eigenvalue weighted by molar-refractivity contribution is 0.0449. The van der Waals surface area contributed by atoms with Gasteiger partial charge in [0.15, 0.2) is 5.65 Å². The van der Waals surface area contributed by atoms with Crippen molar-refractivity contribution in [2.45, 2.75) is 27.2 Å². The van der Waals surface area contributed by atoms with E-state index in [2.05, 4.69) is 4.98 Å². The van der Waals surface area contributed by atoms with Crippen molar-refractivity contribution in [2.75, 3.05) is 18.9 Å². The summed E-state index contributed by atoms with van der Waals surface area (Å²) in [6, 6.07) is 14.2. The zero-order valence-electron chi connectivity index (χ0n) is 18.9. The number of carbonyl (C=O) groups excluding carboxylic acids is 2. The van der Waals surface area contributed by atoms with Crippen molar-refractivity contribution in [2.24, 2.45) is 5.92 Å². The molecule has 0 amide bonds. The lowest BCUT2D eigenvalue weighted by Gasteiger charge is -2.10. The van der Waals surface area contributed by atoms with Crippen LogP contribution < -0.4 is 5.73 Å². The number of aromatic nitrogens is 3. The maximum Gasteiger partial charge on any atom is 0.344 e. The van der Waals surface area contributed by atoms with Gasteiger partial charge in [0.1, 0.15) is 16.9 Å². The summed E-state index contributed by atoms with van der Waals surface area (Å²) in [4.78, 5) is 34.5. The zero-order chi connectivity index (χ0) is 23.5. The molecule has 8 heteroatoms. The number of nitrogen functional groups attached to an aromatic ring is 1. The van der Waals surface area contributed by atoms with Crippen LogP contribution in [0.3, 0.4) is 0 Å². The predicted octanol–water partition coefficient (Wildman–Crippen LogP) is 4.54. The van der Waals surface area contributed by atoms with E-state index < -0.39 is 11.9 Å². The van der Waals surface area contributed by atoms with Gasteiger partial charge in [-0.05, 0) is 49.2 Å². The van der Waals surface area contributed by atoms with Gasteiger partial charge in [0, 0.05) is 5.69 Å². The highest BCUT2D eigenvalue weighted by atomic mass is 16.5. The number of nitrogens with two attached hydrogens (primary N) is 1. The number of carbonyl (C=O) groups is 2. The van der Waals surface area contributed by atoms with E-state index in [1.807, 2.05) is 38.1 Å². The van der Waals surface area contributed by atoms with E-state index in [9.17, 15) is 9.59 Å². The molecular formula is C25H26N4O4. The fourth-order valence-electron chi connectivity index (χ4n) is 3.49. The van der Waals surface area contributed by atoms with Gasteiger partial charge < -0.3 is 15.2 Å². The number of nitrogens with zero attached hydrogens (tertiary/aromatic N) is 3. The molecule has 0 bridgehead atoms. The maximum absolute atomic E-state index is 13.1. The minimum absolute atomic E-state index is 0.179. The number of hydrogen-bond acceptors (Lipinski definition) is 7. The number of anilines is 1. The van der Waals surface area contributed by atoms with E-state index in [0.29, 0.717) is 40.1 Å². The molecule has 0 spiro atoms. The summed E-state index contributed by atoms with van der Waals surface area (Å²) in [6.07, 6.45) is 0.891. The van der Waals surface area contributed by atoms with Crippen LogP contribution >= 0.6 is 0 Å². The van der Waals surface area contributed by atoms with Crippen LogP contribution in [0.15, 0.2) is 48.5 Å². The van der Waals surface area contributed by atoms with E-state index >= 15 is 0 Å². The highest BCUT2D eigenvalue weighted by molar-refractivity contribution is 6.09. The van der Waals surface area contributed by atoms with Crippen molar-refractivity contribution in [1.29, 1.82) is 0 Å². The highest BCUT2D eigenvalue weighted by Crippen LogP contribution is 2.31. The molecule has 0 aliphatic carbocycles. The smallest absolute Gasteiger partial charge is 0.344 e. The van der Waals surface area contributed by atoms with E-state index in [1.165, 1.54) is 0 Å². The van der Waals surface area contributed by atoms with Gasteiger partial charge in [-0.1, -0.05) is 32.4 Å². The maximum atomic E-state index is 13.1. The van der Waals surface area contributed by atoms with Crippen LogP contribution in [-0.2, 0) is 9.47 Å². The molecule has 2 aromatic carbocycles. The Morgan fingerprint density at radius 2 is 1.64 bits per heavy atom. The van der Waals surface area contributed by atoms with Gasteiger partial charge in [-0.15, -0.1) is 0 Å². The molecule has 2 heterocycles. The van der Waals surface area contributed by atoms with Crippen molar-refractivity contribution in [3.8, 4) is 5.69 Å². The summed E-state index contributed by atoms with van der Waals surface area (Å²) in [5.41, 5.74) is 9.85. The van der Waals surface area contributed by atoms with Crippen molar-refractivity contribution < 1.29 is 19.1 Å². The van der Waals surface area contributed by atoms with Crippen molar-refractivity contribution in [3.05, 3.63) is 59.7 Å². The van der Waals surface area contributed by atoms with Crippen LogP contribution in [0.2, 0.25) is 0 Å². The van der Waals surface area contributed by atoms with Gasteiger partial charge >= 0.3 is 11.9 Å². The number of esters is 2. The molecule has 0 saturated carbocycles. The Kier molecular flexibility index (Phi) is 6.26. The summed E-state index contributed by atoms with van der Waals surface area (Å²) in [6.45, 7) is 6.38. The summed E-state index contributed by atoms with van der Waals surface area (Å²) in [7, 11) is 0. The number of benzene rings is 2. The lowest BCUT2D eigenvalue weighted by atomic mass is 10.1. The van der Waals surface area contributed by atoms with Crippen LogP contribution in [0.1, 0.15) is 47.9 Å². The number of hydrogen-bond donors (Lipinski definition) is 1. The first-order chi connectivity index (χ1) is 15.9. The van der Waals surface area contributed by atoms with Crippen LogP contribution in [0.4, 0.5) is 5.82 Å². The first-order valence-corrected chi connectivity index (χ1v) is 11.0. The van der Waals surface area contributed by atoms with Crippen molar-refractivity contribution in [3.63, 3.8) is 0 Å².